The highest BCUT2D eigenvalue weighted by Crippen LogP contribution is 2.33. The number of anilines is 1. The standard InChI is InChI=1S/C13H12F3N3O/c1-7-3-4-9(5-11(7)13(14,15)16)18-12(20)10-6-17-19-8(10)2/h3-6H,1-2H3,(H,17,19)(H,18,20). The van der Waals surface area contributed by atoms with Gasteiger partial charge in [0.25, 0.3) is 5.91 Å². The van der Waals surface area contributed by atoms with Gasteiger partial charge in [-0.15, -0.1) is 0 Å². The van der Waals surface area contributed by atoms with Crippen molar-refractivity contribution >= 4 is 11.6 Å². The van der Waals surface area contributed by atoms with Crippen LogP contribution < -0.4 is 5.32 Å². The molecule has 1 heterocycles. The minimum absolute atomic E-state index is 0.0912. The zero-order chi connectivity index (χ0) is 14.9. The molecule has 0 saturated heterocycles. The maximum Gasteiger partial charge on any atom is 0.416 e. The molecule has 2 aromatic rings. The van der Waals surface area contributed by atoms with Crippen LogP contribution in [0.2, 0.25) is 0 Å². The second kappa shape index (κ2) is 4.99. The van der Waals surface area contributed by atoms with E-state index in [0.29, 0.717) is 11.3 Å². The van der Waals surface area contributed by atoms with E-state index in [2.05, 4.69) is 15.5 Å². The summed E-state index contributed by atoms with van der Waals surface area (Å²) in [6.45, 7) is 3.02. The van der Waals surface area contributed by atoms with E-state index in [1.54, 1.807) is 6.92 Å². The molecule has 2 rings (SSSR count). The van der Waals surface area contributed by atoms with Crippen LogP contribution in [0.15, 0.2) is 24.4 Å². The molecule has 4 nitrogen and oxygen atoms in total. The fraction of sp³-hybridized carbons (Fsp3) is 0.231. The van der Waals surface area contributed by atoms with E-state index in [1.807, 2.05) is 0 Å². The largest absolute Gasteiger partial charge is 0.416 e. The highest BCUT2D eigenvalue weighted by Gasteiger charge is 2.32. The maximum absolute atomic E-state index is 12.8. The highest BCUT2D eigenvalue weighted by molar-refractivity contribution is 6.04. The second-order valence-corrected chi connectivity index (χ2v) is 4.39. The molecule has 0 saturated carbocycles. The van der Waals surface area contributed by atoms with Crippen molar-refractivity contribution in [2.75, 3.05) is 5.32 Å². The zero-order valence-electron chi connectivity index (χ0n) is 10.8. The van der Waals surface area contributed by atoms with Gasteiger partial charge in [0.2, 0.25) is 0 Å². The lowest BCUT2D eigenvalue weighted by Crippen LogP contribution is -2.14. The van der Waals surface area contributed by atoms with Gasteiger partial charge in [0.15, 0.2) is 0 Å². The van der Waals surface area contributed by atoms with Crippen molar-refractivity contribution in [1.82, 2.24) is 10.2 Å². The number of aromatic nitrogens is 2. The monoisotopic (exact) mass is 283 g/mol. The summed E-state index contributed by atoms with van der Waals surface area (Å²) in [5.74, 6) is -0.506. The van der Waals surface area contributed by atoms with Crippen molar-refractivity contribution in [3.05, 3.63) is 46.8 Å². The van der Waals surface area contributed by atoms with Gasteiger partial charge in [-0.05, 0) is 31.5 Å². The number of H-pyrrole nitrogens is 1. The second-order valence-electron chi connectivity index (χ2n) is 4.39. The van der Waals surface area contributed by atoms with Gasteiger partial charge in [-0.1, -0.05) is 6.07 Å². The van der Waals surface area contributed by atoms with E-state index in [1.165, 1.54) is 25.3 Å². The van der Waals surface area contributed by atoms with Gasteiger partial charge in [0.05, 0.1) is 17.3 Å². The Labute approximate surface area is 113 Å². The Bertz CT molecular complexity index is 647. The lowest BCUT2D eigenvalue weighted by atomic mass is 10.1. The molecule has 0 aliphatic carbocycles. The van der Waals surface area contributed by atoms with Gasteiger partial charge in [-0.25, -0.2) is 0 Å². The molecule has 2 N–H and O–H groups in total. The number of nitrogens with one attached hydrogen (secondary N) is 2. The van der Waals surface area contributed by atoms with Crippen LogP contribution in [0, 0.1) is 13.8 Å². The lowest BCUT2D eigenvalue weighted by molar-refractivity contribution is -0.138. The van der Waals surface area contributed by atoms with Crippen LogP contribution in [-0.2, 0) is 6.18 Å². The smallest absolute Gasteiger partial charge is 0.322 e. The summed E-state index contributed by atoms with van der Waals surface area (Å²) in [7, 11) is 0. The summed E-state index contributed by atoms with van der Waals surface area (Å²) in [5.41, 5.74) is 0.271. The molecule has 0 unspecified atom stereocenters. The van der Waals surface area contributed by atoms with E-state index < -0.39 is 17.6 Å². The van der Waals surface area contributed by atoms with Gasteiger partial charge in [0.1, 0.15) is 0 Å². The van der Waals surface area contributed by atoms with Crippen LogP contribution in [0.4, 0.5) is 18.9 Å². The van der Waals surface area contributed by atoms with Gasteiger partial charge in [0, 0.05) is 11.4 Å². The topological polar surface area (TPSA) is 57.8 Å². The Morgan fingerprint density at radius 3 is 2.55 bits per heavy atom. The summed E-state index contributed by atoms with van der Waals surface area (Å²) in [6, 6.07) is 3.67. The number of nitrogens with zero attached hydrogens (tertiary/aromatic N) is 1. The summed E-state index contributed by atoms with van der Waals surface area (Å²) >= 11 is 0. The summed E-state index contributed by atoms with van der Waals surface area (Å²) < 4.78 is 38.3. The van der Waals surface area contributed by atoms with Crippen LogP contribution in [0.1, 0.15) is 27.2 Å². The first kappa shape index (κ1) is 14.1. The minimum atomic E-state index is -4.45. The summed E-state index contributed by atoms with van der Waals surface area (Å²) in [6.07, 6.45) is -3.13. The number of hydrogen-bond donors (Lipinski definition) is 2. The number of amides is 1. The van der Waals surface area contributed by atoms with Crippen LogP contribution >= 0.6 is 0 Å². The molecule has 1 aromatic carbocycles. The minimum Gasteiger partial charge on any atom is -0.322 e. The van der Waals surface area contributed by atoms with Crippen LogP contribution in [0.3, 0.4) is 0 Å². The molecule has 20 heavy (non-hydrogen) atoms. The van der Waals surface area contributed by atoms with E-state index in [0.717, 1.165) is 6.07 Å². The first-order chi connectivity index (χ1) is 9.29. The Kier molecular flexibility index (Phi) is 3.52. The van der Waals surface area contributed by atoms with Crippen molar-refractivity contribution in [2.45, 2.75) is 20.0 Å². The van der Waals surface area contributed by atoms with Crippen molar-refractivity contribution in [1.29, 1.82) is 0 Å². The van der Waals surface area contributed by atoms with Crippen molar-refractivity contribution in [3.8, 4) is 0 Å². The number of carbonyl (C=O) groups is 1. The highest BCUT2D eigenvalue weighted by atomic mass is 19.4. The zero-order valence-corrected chi connectivity index (χ0v) is 10.8. The Morgan fingerprint density at radius 2 is 2.00 bits per heavy atom. The number of aryl methyl sites for hydroxylation is 2. The van der Waals surface area contributed by atoms with Gasteiger partial charge >= 0.3 is 6.18 Å². The van der Waals surface area contributed by atoms with Crippen LogP contribution in [-0.4, -0.2) is 16.1 Å². The lowest BCUT2D eigenvalue weighted by Gasteiger charge is -2.12. The average Bonchev–Trinajstić information content (AvgIpc) is 2.76. The summed E-state index contributed by atoms with van der Waals surface area (Å²) in [4.78, 5) is 11.9. The van der Waals surface area contributed by atoms with E-state index in [9.17, 15) is 18.0 Å². The SMILES string of the molecule is Cc1ccc(NC(=O)c2cn[nH]c2C)cc1C(F)(F)F. The number of hydrogen-bond acceptors (Lipinski definition) is 2. The van der Waals surface area contributed by atoms with Crippen molar-refractivity contribution < 1.29 is 18.0 Å². The fourth-order valence-corrected chi connectivity index (χ4v) is 1.78. The molecule has 0 bridgehead atoms. The number of halogens is 3. The third-order valence-electron chi connectivity index (χ3n) is 2.88. The molecule has 7 heteroatoms. The van der Waals surface area contributed by atoms with Crippen molar-refractivity contribution in [3.63, 3.8) is 0 Å². The first-order valence-corrected chi connectivity index (χ1v) is 5.78. The Hall–Kier alpha value is -2.31. The fourth-order valence-electron chi connectivity index (χ4n) is 1.78. The molecule has 1 amide bonds. The van der Waals surface area contributed by atoms with Crippen LogP contribution in [0.5, 0.6) is 0 Å². The van der Waals surface area contributed by atoms with Gasteiger partial charge in [-0.3, -0.25) is 9.89 Å². The normalized spacial score (nSPS) is 11.4. The molecule has 0 atom stereocenters. The molecular weight excluding hydrogens is 271 g/mol. The number of alkyl halides is 3. The first-order valence-electron chi connectivity index (χ1n) is 5.78. The number of benzene rings is 1. The predicted octanol–water partition coefficient (Wildman–Crippen LogP) is 3.30. The van der Waals surface area contributed by atoms with E-state index in [4.69, 9.17) is 0 Å². The van der Waals surface area contributed by atoms with Gasteiger partial charge in [-0.2, -0.15) is 18.3 Å². The molecule has 1 aromatic heterocycles. The van der Waals surface area contributed by atoms with Crippen LogP contribution in [0.25, 0.3) is 0 Å². The van der Waals surface area contributed by atoms with E-state index in [-0.39, 0.29) is 11.3 Å². The average molecular weight is 283 g/mol. The molecule has 0 aliphatic rings. The number of carbonyl (C=O) groups excluding carboxylic acids is 1. The quantitative estimate of drug-likeness (QED) is 0.888. The molecule has 106 valence electrons. The molecule has 0 radical (unpaired) electrons. The number of aromatic amines is 1. The van der Waals surface area contributed by atoms with Crippen molar-refractivity contribution in [2.24, 2.45) is 0 Å². The predicted molar refractivity (Wildman–Crippen MR) is 67.5 cm³/mol. The van der Waals surface area contributed by atoms with E-state index >= 15 is 0 Å². The molecular formula is C13H12F3N3O. The third-order valence-corrected chi connectivity index (χ3v) is 2.88. The Balaban J connectivity index is 2.27. The molecule has 0 aliphatic heterocycles. The maximum atomic E-state index is 12.8. The molecule has 0 fully saturated rings. The molecule has 0 spiro atoms. The van der Waals surface area contributed by atoms with Gasteiger partial charge < -0.3 is 5.32 Å². The third kappa shape index (κ3) is 2.81. The summed E-state index contributed by atoms with van der Waals surface area (Å²) in [5, 5.41) is 8.70. The number of rotatable bonds is 2. The Morgan fingerprint density at radius 1 is 1.30 bits per heavy atom.